The number of aromatic nitrogens is 1. The molecule has 3 rings (SSSR count). The van der Waals surface area contributed by atoms with Gasteiger partial charge < -0.3 is 5.32 Å². The second-order valence-corrected chi connectivity index (χ2v) is 8.89. The van der Waals surface area contributed by atoms with Crippen molar-refractivity contribution in [2.75, 3.05) is 0 Å². The van der Waals surface area contributed by atoms with Crippen LogP contribution in [0.5, 0.6) is 0 Å². The Hall–Kier alpha value is -2.29. The van der Waals surface area contributed by atoms with Gasteiger partial charge in [-0.2, -0.15) is 0 Å². The average molecular weight is 390 g/mol. The summed E-state index contributed by atoms with van der Waals surface area (Å²) in [4.78, 5) is 16.9. The third-order valence-corrected chi connectivity index (χ3v) is 6.27. The Labute approximate surface area is 156 Å². The fourth-order valence-corrected chi connectivity index (χ4v) is 4.58. The summed E-state index contributed by atoms with van der Waals surface area (Å²) in [6.45, 7) is 3.83. The van der Waals surface area contributed by atoms with Crippen molar-refractivity contribution in [3.05, 3.63) is 59.1 Å². The maximum absolute atomic E-state index is 12.3. The second kappa shape index (κ2) is 7.53. The van der Waals surface area contributed by atoms with E-state index in [1.54, 1.807) is 13.8 Å². The molecule has 3 aromatic rings. The third-order valence-electron chi connectivity index (χ3n) is 3.56. The van der Waals surface area contributed by atoms with Gasteiger partial charge in [-0.15, -0.1) is 11.3 Å². The van der Waals surface area contributed by atoms with E-state index >= 15 is 0 Å². The number of hydrogen-bond donors (Lipinski definition) is 2. The summed E-state index contributed by atoms with van der Waals surface area (Å²) in [5.74, 6) is -0.273. The first kappa shape index (κ1) is 18.5. The molecule has 2 aromatic carbocycles. The fourth-order valence-electron chi connectivity index (χ4n) is 2.42. The molecule has 0 aliphatic rings. The van der Waals surface area contributed by atoms with E-state index in [4.69, 9.17) is 0 Å². The Morgan fingerprint density at radius 2 is 1.81 bits per heavy atom. The zero-order chi connectivity index (χ0) is 18.7. The molecule has 0 unspecified atom stereocenters. The van der Waals surface area contributed by atoms with Crippen molar-refractivity contribution in [1.82, 2.24) is 15.0 Å². The number of hydrogen-bond acceptors (Lipinski definition) is 5. The zero-order valence-electron chi connectivity index (χ0n) is 14.4. The van der Waals surface area contributed by atoms with Crippen molar-refractivity contribution in [3.63, 3.8) is 0 Å². The highest BCUT2D eigenvalue weighted by atomic mass is 32.2. The topological polar surface area (TPSA) is 88.2 Å². The smallest absolute Gasteiger partial charge is 0.251 e. The Balaban J connectivity index is 1.66. The normalized spacial score (nSPS) is 11.8. The monoisotopic (exact) mass is 389 g/mol. The van der Waals surface area contributed by atoms with E-state index < -0.39 is 10.0 Å². The van der Waals surface area contributed by atoms with Crippen molar-refractivity contribution in [2.45, 2.75) is 31.3 Å². The fraction of sp³-hybridized carbons (Fsp3) is 0.222. The third kappa shape index (κ3) is 4.27. The van der Waals surface area contributed by atoms with Crippen molar-refractivity contribution < 1.29 is 13.2 Å². The van der Waals surface area contributed by atoms with Crippen molar-refractivity contribution in [1.29, 1.82) is 0 Å². The first-order valence-electron chi connectivity index (χ1n) is 8.10. The van der Waals surface area contributed by atoms with Crippen LogP contribution in [0.15, 0.2) is 53.4 Å². The van der Waals surface area contributed by atoms with Crippen LogP contribution in [-0.4, -0.2) is 25.4 Å². The Kier molecular flexibility index (Phi) is 5.36. The van der Waals surface area contributed by atoms with Gasteiger partial charge in [0.15, 0.2) is 0 Å². The highest BCUT2D eigenvalue weighted by molar-refractivity contribution is 7.89. The molecule has 136 valence electrons. The molecule has 1 amide bonds. The SMILES string of the molecule is CC(C)NS(=O)(=O)c1ccc(C(=O)NCc2nc3ccccc3s2)cc1. The first-order valence-corrected chi connectivity index (χ1v) is 10.4. The van der Waals surface area contributed by atoms with Gasteiger partial charge in [-0.1, -0.05) is 12.1 Å². The lowest BCUT2D eigenvalue weighted by Gasteiger charge is -2.10. The van der Waals surface area contributed by atoms with Crippen LogP contribution >= 0.6 is 11.3 Å². The van der Waals surface area contributed by atoms with Gasteiger partial charge in [0, 0.05) is 11.6 Å². The second-order valence-electron chi connectivity index (χ2n) is 6.06. The van der Waals surface area contributed by atoms with Gasteiger partial charge >= 0.3 is 0 Å². The van der Waals surface area contributed by atoms with Crippen LogP contribution in [0.4, 0.5) is 0 Å². The summed E-state index contributed by atoms with van der Waals surface area (Å²) < 4.78 is 27.8. The minimum absolute atomic E-state index is 0.133. The van der Waals surface area contributed by atoms with Gasteiger partial charge in [-0.3, -0.25) is 4.79 Å². The Morgan fingerprint density at radius 3 is 2.46 bits per heavy atom. The molecule has 0 saturated carbocycles. The summed E-state index contributed by atoms with van der Waals surface area (Å²) in [7, 11) is -3.56. The van der Waals surface area contributed by atoms with Crippen LogP contribution in [0.25, 0.3) is 10.2 Å². The number of amides is 1. The quantitative estimate of drug-likeness (QED) is 0.678. The molecule has 6 nitrogen and oxygen atoms in total. The van der Waals surface area contributed by atoms with Crippen LogP contribution in [0.2, 0.25) is 0 Å². The molecule has 0 aliphatic carbocycles. The van der Waals surface area contributed by atoms with Gasteiger partial charge in [0.05, 0.1) is 21.7 Å². The zero-order valence-corrected chi connectivity index (χ0v) is 16.0. The molecule has 0 bridgehead atoms. The van der Waals surface area contributed by atoms with Gasteiger partial charge in [0.2, 0.25) is 10.0 Å². The van der Waals surface area contributed by atoms with Crippen molar-refractivity contribution in [2.24, 2.45) is 0 Å². The highest BCUT2D eigenvalue weighted by Crippen LogP contribution is 2.21. The van der Waals surface area contributed by atoms with Gasteiger partial charge in [0.25, 0.3) is 5.91 Å². The molecular weight excluding hydrogens is 370 g/mol. The van der Waals surface area contributed by atoms with Crippen LogP contribution in [0, 0.1) is 0 Å². The summed E-state index contributed by atoms with van der Waals surface area (Å²) in [6, 6.07) is 13.5. The summed E-state index contributed by atoms with van der Waals surface area (Å²) in [5.41, 5.74) is 1.31. The summed E-state index contributed by atoms with van der Waals surface area (Å²) in [5, 5.41) is 3.63. The number of carbonyl (C=O) groups is 1. The molecule has 2 N–H and O–H groups in total. The summed E-state index contributed by atoms with van der Waals surface area (Å²) in [6.07, 6.45) is 0. The molecular formula is C18H19N3O3S2. The first-order chi connectivity index (χ1) is 12.3. The van der Waals surface area contributed by atoms with E-state index in [1.165, 1.54) is 35.6 Å². The minimum Gasteiger partial charge on any atom is -0.346 e. The number of benzene rings is 2. The molecule has 26 heavy (non-hydrogen) atoms. The molecule has 1 aromatic heterocycles. The van der Waals surface area contributed by atoms with E-state index in [9.17, 15) is 13.2 Å². The van der Waals surface area contributed by atoms with E-state index in [-0.39, 0.29) is 16.8 Å². The predicted octanol–water partition coefficient (Wildman–Crippen LogP) is 2.91. The lowest BCUT2D eigenvalue weighted by molar-refractivity contribution is 0.0951. The molecule has 8 heteroatoms. The average Bonchev–Trinajstić information content (AvgIpc) is 3.01. The number of para-hydroxylation sites is 1. The highest BCUT2D eigenvalue weighted by Gasteiger charge is 2.16. The van der Waals surface area contributed by atoms with E-state index in [2.05, 4.69) is 15.0 Å². The molecule has 1 heterocycles. The van der Waals surface area contributed by atoms with E-state index in [0.717, 1.165) is 15.2 Å². The molecule has 0 aliphatic heterocycles. The Bertz CT molecular complexity index is 992. The van der Waals surface area contributed by atoms with Crippen molar-refractivity contribution in [3.8, 4) is 0 Å². The molecule has 0 radical (unpaired) electrons. The molecule has 0 spiro atoms. The predicted molar refractivity (Wildman–Crippen MR) is 103 cm³/mol. The number of thiazole rings is 1. The lowest BCUT2D eigenvalue weighted by atomic mass is 10.2. The van der Waals surface area contributed by atoms with Crippen molar-refractivity contribution >= 4 is 37.5 Å². The Morgan fingerprint density at radius 1 is 1.12 bits per heavy atom. The largest absolute Gasteiger partial charge is 0.346 e. The number of carbonyl (C=O) groups excluding carboxylic acids is 1. The van der Waals surface area contributed by atoms with Crippen LogP contribution < -0.4 is 10.0 Å². The summed E-state index contributed by atoms with van der Waals surface area (Å²) >= 11 is 1.53. The van der Waals surface area contributed by atoms with Gasteiger partial charge in [0.1, 0.15) is 5.01 Å². The maximum Gasteiger partial charge on any atom is 0.251 e. The number of nitrogens with zero attached hydrogens (tertiary/aromatic N) is 1. The van der Waals surface area contributed by atoms with Crippen LogP contribution in [0.3, 0.4) is 0 Å². The molecule has 0 saturated heterocycles. The van der Waals surface area contributed by atoms with E-state index in [0.29, 0.717) is 12.1 Å². The number of sulfonamides is 1. The number of rotatable bonds is 6. The number of fused-ring (bicyclic) bond motifs is 1. The van der Waals surface area contributed by atoms with Gasteiger partial charge in [-0.25, -0.2) is 18.1 Å². The lowest BCUT2D eigenvalue weighted by Crippen LogP contribution is -2.30. The number of nitrogens with one attached hydrogen (secondary N) is 2. The minimum atomic E-state index is -3.56. The molecule has 0 atom stereocenters. The standard InChI is InChI=1S/C18H19N3O3S2/c1-12(2)21-26(23,24)14-9-7-13(8-10-14)18(22)19-11-17-20-15-5-3-4-6-16(15)25-17/h3-10,12,21H,11H2,1-2H3,(H,19,22). The van der Waals surface area contributed by atoms with Crippen LogP contribution in [-0.2, 0) is 16.6 Å². The van der Waals surface area contributed by atoms with Crippen LogP contribution in [0.1, 0.15) is 29.2 Å². The van der Waals surface area contributed by atoms with E-state index in [1.807, 2.05) is 24.3 Å². The molecule has 0 fully saturated rings. The van der Waals surface area contributed by atoms with Gasteiger partial charge in [-0.05, 0) is 50.2 Å². The maximum atomic E-state index is 12.3.